The van der Waals surface area contributed by atoms with Gasteiger partial charge >= 0.3 is 0 Å². The molecule has 4 fully saturated rings. The molecule has 1 amide bonds. The summed E-state index contributed by atoms with van der Waals surface area (Å²) in [6, 6.07) is 7.13. The Bertz CT molecular complexity index is 911. The van der Waals surface area contributed by atoms with E-state index in [0.717, 1.165) is 30.9 Å². The van der Waals surface area contributed by atoms with Crippen molar-refractivity contribution in [3.63, 3.8) is 0 Å². The molecule has 0 aromatic heterocycles. The third-order valence-corrected chi connectivity index (χ3v) is 8.52. The Hall–Kier alpha value is -1.85. The zero-order chi connectivity index (χ0) is 17.9. The maximum absolute atomic E-state index is 13.3. The van der Waals surface area contributed by atoms with Gasteiger partial charge in [0, 0.05) is 29.6 Å². The van der Waals surface area contributed by atoms with Crippen molar-refractivity contribution in [3.8, 4) is 5.75 Å². The minimum Gasteiger partial charge on any atom is -0.497 e. The Morgan fingerprint density at radius 2 is 2.26 bits per heavy atom. The number of carbonyl (C=O) groups excluding carboxylic acids is 1. The molecule has 1 spiro atoms. The number of rotatable bonds is 1. The van der Waals surface area contributed by atoms with Gasteiger partial charge in [-0.05, 0) is 49.1 Å². The molecule has 6 atom stereocenters. The SMILES string of the molecule is COc1ccc2c(c1)[C@@]13CCN4CC5=CCO[C@H]6CC(=O)N2[C@@H]1[C@H]6[C@H]5C[C@H]43. The average molecular weight is 364 g/mol. The van der Waals surface area contributed by atoms with Crippen molar-refractivity contribution in [2.24, 2.45) is 11.8 Å². The fraction of sp³-hybridized carbons (Fsp3) is 0.591. The van der Waals surface area contributed by atoms with Crippen molar-refractivity contribution < 1.29 is 14.3 Å². The quantitative estimate of drug-likeness (QED) is 0.716. The normalized spacial score (nSPS) is 43.3. The molecule has 3 saturated heterocycles. The van der Waals surface area contributed by atoms with E-state index < -0.39 is 0 Å². The molecule has 0 N–H and O–H groups in total. The monoisotopic (exact) mass is 364 g/mol. The molecule has 1 saturated carbocycles. The first-order chi connectivity index (χ1) is 13.2. The number of hydrogen-bond donors (Lipinski definition) is 0. The molecular formula is C22H24N2O3. The number of carbonyl (C=O) groups is 1. The lowest BCUT2D eigenvalue weighted by molar-refractivity contribution is -0.132. The number of anilines is 1. The van der Waals surface area contributed by atoms with Gasteiger partial charge in [-0.3, -0.25) is 9.69 Å². The minimum atomic E-state index is 0.0403. The predicted octanol–water partition coefficient (Wildman–Crippen LogP) is 2.10. The van der Waals surface area contributed by atoms with Crippen LogP contribution in [-0.4, -0.2) is 55.8 Å². The van der Waals surface area contributed by atoms with Crippen LogP contribution >= 0.6 is 0 Å². The lowest BCUT2D eigenvalue weighted by atomic mass is 9.53. The van der Waals surface area contributed by atoms with Crippen molar-refractivity contribution in [2.45, 2.75) is 42.9 Å². The van der Waals surface area contributed by atoms with Crippen LogP contribution in [0.5, 0.6) is 5.75 Å². The molecule has 7 rings (SSSR count). The lowest BCUT2D eigenvalue weighted by Crippen LogP contribution is -2.69. The Labute approximate surface area is 158 Å². The van der Waals surface area contributed by atoms with Gasteiger partial charge in [0.1, 0.15) is 5.75 Å². The van der Waals surface area contributed by atoms with Crippen LogP contribution in [-0.2, 0) is 14.9 Å². The van der Waals surface area contributed by atoms with E-state index in [1.807, 2.05) is 6.07 Å². The van der Waals surface area contributed by atoms with Crippen LogP contribution in [0.2, 0.25) is 0 Å². The molecule has 5 heteroatoms. The van der Waals surface area contributed by atoms with E-state index in [2.05, 4.69) is 28.0 Å². The van der Waals surface area contributed by atoms with Crippen molar-refractivity contribution in [1.82, 2.24) is 4.90 Å². The molecule has 140 valence electrons. The largest absolute Gasteiger partial charge is 0.497 e. The minimum absolute atomic E-state index is 0.0403. The second kappa shape index (κ2) is 4.76. The van der Waals surface area contributed by atoms with Crippen molar-refractivity contribution >= 4 is 11.6 Å². The van der Waals surface area contributed by atoms with Crippen LogP contribution in [0.3, 0.4) is 0 Å². The third-order valence-electron chi connectivity index (χ3n) is 8.52. The van der Waals surface area contributed by atoms with Gasteiger partial charge in [0.2, 0.25) is 5.91 Å². The standard InChI is InChI=1S/C22H24N2O3/c1-26-13-2-3-16-15(8-13)22-5-6-23-11-12-4-7-27-17-10-19(25)24(16)21(22)20(17)14(12)9-18(22)23/h2-4,8,14,17-18,20-21H,5-7,9-11H2,1H3/t14-,17-,18-,20-,21+,22+/m0/s1. The first-order valence-electron chi connectivity index (χ1n) is 10.3. The van der Waals surface area contributed by atoms with Crippen LogP contribution in [0.25, 0.3) is 0 Å². The summed E-state index contributed by atoms with van der Waals surface area (Å²) >= 11 is 0. The smallest absolute Gasteiger partial charge is 0.229 e. The molecule has 5 aliphatic heterocycles. The first-order valence-corrected chi connectivity index (χ1v) is 10.3. The molecule has 1 aromatic rings. The number of piperidine rings is 2. The summed E-state index contributed by atoms with van der Waals surface area (Å²) in [7, 11) is 1.73. The Morgan fingerprint density at radius 3 is 3.15 bits per heavy atom. The van der Waals surface area contributed by atoms with Crippen LogP contribution in [0.4, 0.5) is 5.69 Å². The summed E-state index contributed by atoms with van der Waals surface area (Å²) in [6.07, 6.45) is 5.26. The van der Waals surface area contributed by atoms with Crippen LogP contribution in [0.1, 0.15) is 24.8 Å². The van der Waals surface area contributed by atoms with Gasteiger partial charge in [0.15, 0.2) is 0 Å². The van der Waals surface area contributed by atoms with Gasteiger partial charge in [-0.25, -0.2) is 0 Å². The Kier molecular flexibility index (Phi) is 2.66. The first kappa shape index (κ1) is 15.1. The van der Waals surface area contributed by atoms with E-state index in [0.29, 0.717) is 30.9 Å². The summed E-state index contributed by atoms with van der Waals surface area (Å²) in [4.78, 5) is 18.2. The van der Waals surface area contributed by atoms with Gasteiger partial charge < -0.3 is 14.4 Å². The molecule has 27 heavy (non-hydrogen) atoms. The molecule has 2 bridgehead atoms. The highest BCUT2D eigenvalue weighted by Crippen LogP contribution is 2.65. The van der Waals surface area contributed by atoms with Gasteiger partial charge in [-0.1, -0.05) is 11.6 Å². The second-order valence-electron chi connectivity index (χ2n) is 9.14. The molecule has 5 nitrogen and oxygen atoms in total. The number of benzene rings is 1. The van der Waals surface area contributed by atoms with E-state index in [-0.39, 0.29) is 23.5 Å². The summed E-state index contributed by atoms with van der Waals surface area (Å²) in [5, 5.41) is 0. The van der Waals surface area contributed by atoms with Crippen LogP contribution in [0.15, 0.2) is 29.8 Å². The van der Waals surface area contributed by atoms with E-state index in [4.69, 9.17) is 9.47 Å². The maximum atomic E-state index is 13.3. The molecule has 1 aliphatic carbocycles. The van der Waals surface area contributed by atoms with E-state index >= 15 is 0 Å². The molecule has 0 radical (unpaired) electrons. The maximum Gasteiger partial charge on any atom is 0.229 e. The highest BCUT2D eigenvalue weighted by atomic mass is 16.5. The Morgan fingerprint density at radius 1 is 1.33 bits per heavy atom. The van der Waals surface area contributed by atoms with Crippen molar-refractivity contribution in [2.75, 3.05) is 31.7 Å². The van der Waals surface area contributed by atoms with Crippen molar-refractivity contribution in [1.29, 1.82) is 0 Å². The molecule has 1 aromatic carbocycles. The molecule has 0 unspecified atom stereocenters. The lowest BCUT2D eigenvalue weighted by Gasteiger charge is -2.58. The number of amides is 1. The van der Waals surface area contributed by atoms with Crippen LogP contribution < -0.4 is 9.64 Å². The molecular weight excluding hydrogens is 340 g/mol. The zero-order valence-electron chi connectivity index (χ0n) is 15.6. The van der Waals surface area contributed by atoms with Gasteiger partial charge in [0.25, 0.3) is 0 Å². The fourth-order valence-electron chi connectivity index (χ4n) is 7.66. The topological polar surface area (TPSA) is 42.0 Å². The summed E-state index contributed by atoms with van der Waals surface area (Å²) < 4.78 is 11.9. The van der Waals surface area contributed by atoms with E-state index in [9.17, 15) is 4.79 Å². The number of ether oxygens (including phenoxy) is 2. The molecule has 6 aliphatic rings. The highest BCUT2D eigenvalue weighted by molar-refractivity contribution is 5.99. The number of fused-ring (bicyclic) bond motifs is 2. The predicted molar refractivity (Wildman–Crippen MR) is 100.0 cm³/mol. The number of methoxy groups -OCH3 is 1. The van der Waals surface area contributed by atoms with Crippen LogP contribution in [0, 0.1) is 11.8 Å². The van der Waals surface area contributed by atoms with Crippen molar-refractivity contribution in [3.05, 3.63) is 35.4 Å². The molecule has 5 heterocycles. The summed E-state index contributed by atoms with van der Waals surface area (Å²) in [5.74, 6) is 2.14. The average Bonchev–Trinajstić information content (AvgIpc) is 3.15. The zero-order valence-corrected chi connectivity index (χ0v) is 15.6. The highest BCUT2D eigenvalue weighted by Gasteiger charge is 2.71. The van der Waals surface area contributed by atoms with Gasteiger partial charge in [-0.15, -0.1) is 0 Å². The number of nitrogens with zero attached hydrogens (tertiary/aromatic N) is 2. The van der Waals surface area contributed by atoms with Gasteiger partial charge in [-0.2, -0.15) is 0 Å². The fourth-order valence-corrected chi connectivity index (χ4v) is 7.66. The number of hydrogen-bond acceptors (Lipinski definition) is 4. The summed E-state index contributed by atoms with van der Waals surface area (Å²) in [6.45, 7) is 2.88. The van der Waals surface area contributed by atoms with Gasteiger partial charge in [0.05, 0.1) is 32.3 Å². The van der Waals surface area contributed by atoms with E-state index in [1.54, 1.807) is 12.7 Å². The third kappa shape index (κ3) is 1.56. The summed E-state index contributed by atoms with van der Waals surface area (Å²) in [5.41, 5.74) is 4.09. The second-order valence-corrected chi connectivity index (χ2v) is 9.14. The van der Waals surface area contributed by atoms with E-state index in [1.165, 1.54) is 12.0 Å². The Balaban J connectivity index is 1.53.